The van der Waals surface area contributed by atoms with Crippen molar-refractivity contribution < 1.29 is 17.9 Å². The number of alkyl halides is 3. The highest BCUT2D eigenvalue weighted by molar-refractivity contribution is 6.35. The van der Waals surface area contributed by atoms with Gasteiger partial charge in [0.1, 0.15) is 5.75 Å². The molecule has 0 aliphatic carbocycles. The first-order valence-electron chi connectivity index (χ1n) is 6.16. The molecule has 0 aliphatic rings. The molecular weight excluding hydrogens is 314 g/mol. The van der Waals surface area contributed by atoms with Crippen LogP contribution in [0.15, 0.2) is 12.1 Å². The van der Waals surface area contributed by atoms with Gasteiger partial charge >= 0.3 is 6.18 Å². The molecule has 0 saturated heterocycles. The molecule has 0 spiro atoms. The van der Waals surface area contributed by atoms with Crippen molar-refractivity contribution in [2.45, 2.75) is 38.4 Å². The van der Waals surface area contributed by atoms with E-state index in [1.165, 1.54) is 6.07 Å². The normalized spacial score (nSPS) is 13.3. The zero-order chi connectivity index (χ0) is 15.3. The van der Waals surface area contributed by atoms with E-state index in [0.717, 1.165) is 6.42 Å². The summed E-state index contributed by atoms with van der Waals surface area (Å²) in [5.41, 5.74) is 6.47. The van der Waals surface area contributed by atoms with E-state index in [1.807, 2.05) is 6.92 Å². The van der Waals surface area contributed by atoms with Crippen LogP contribution in [0.3, 0.4) is 0 Å². The van der Waals surface area contributed by atoms with Gasteiger partial charge in [0.2, 0.25) is 0 Å². The largest absolute Gasteiger partial charge is 0.491 e. The summed E-state index contributed by atoms with van der Waals surface area (Å²) >= 11 is 11.9. The second-order valence-corrected chi connectivity index (χ2v) is 5.31. The van der Waals surface area contributed by atoms with E-state index in [4.69, 9.17) is 33.7 Å². The maximum absolute atomic E-state index is 12.1. The maximum atomic E-state index is 12.1. The quantitative estimate of drug-likeness (QED) is 0.827. The van der Waals surface area contributed by atoms with Crippen LogP contribution < -0.4 is 10.5 Å². The summed E-state index contributed by atoms with van der Waals surface area (Å²) in [6.07, 6.45) is -4.13. The zero-order valence-corrected chi connectivity index (χ0v) is 12.4. The third-order valence-corrected chi connectivity index (χ3v) is 3.22. The second kappa shape index (κ2) is 7.38. The molecule has 0 amide bonds. The summed E-state index contributed by atoms with van der Waals surface area (Å²) in [7, 11) is 0. The molecule has 2 N–H and O–H groups in total. The second-order valence-electron chi connectivity index (χ2n) is 4.46. The maximum Gasteiger partial charge on any atom is 0.392 e. The van der Waals surface area contributed by atoms with Crippen LogP contribution in [0.25, 0.3) is 0 Å². The Bertz CT molecular complexity index is 452. The van der Waals surface area contributed by atoms with Crippen molar-refractivity contribution in [3.8, 4) is 5.75 Å². The van der Waals surface area contributed by atoms with Crippen molar-refractivity contribution in [2.24, 2.45) is 5.73 Å². The summed E-state index contributed by atoms with van der Waals surface area (Å²) in [6.45, 7) is 1.43. The predicted molar refractivity (Wildman–Crippen MR) is 74.6 cm³/mol. The van der Waals surface area contributed by atoms with Crippen LogP contribution in [-0.4, -0.2) is 18.8 Å². The van der Waals surface area contributed by atoms with Gasteiger partial charge in [-0.15, -0.1) is 0 Å². The van der Waals surface area contributed by atoms with Crippen LogP contribution in [0, 0.1) is 0 Å². The van der Waals surface area contributed by atoms with Crippen molar-refractivity contribution in [3.05, 3.63) is 27.7 Å². The molecule has 0 radical (unpaired) electrons. The number of rotatable bonds is 6. The Labute approximate surface area is 126 Å². The Kier molecular flexibility index (Phi) is 6.43. The van der Waals surface area contributed by atoms with E-state index < -0.39 is 19.2 Å². The third kappa shape index (κ3) is 5.77. The lowest BCUT2D eigenvalue weighted by Gasteiger charge is -2.17. The van der Waals surface area contributed by atoms with Gasteiger partial charge in [0.05, 0.1) is 18.1 Å². The first kappa shape index (κ1) is 17.4. The number of halogens is 5. The van der Waals surface area contributed by atoms with Crippen LogP contribution in [0.2, 0.25) is 10.0 Å². The molecule has 1 aromatic rings. The van der Waals surface area contributed by atoms with Crippen LogP contribution in [-0.2, 0) is 6.42 Å². The highest BCUT2D eigenvalue weighted by atomic mass is 35.5. The van der Waals surface area contributed by atoms with E-state index in [-0.39, 0.29) is 16.8 Å². The lowest BCUT2D eigenvalue weighted by molar-refractivity contribution is -0.139. The molecule has 2 nitrogen and oxygen atoms in total. The average Bonchev–Trinajstić information content (AvgIpc) is 2.30. The fraction of sp³-hybridized carbons (Fsp3) is 0.538. The summed E-state index contributed by atoms with van der Waals surface area (Å²) in [4.78, 5) is 0. The fourth-order valence-corrected chi connectivity index (χ4v) is 2.21. The molecule has 1 rings (SSSR count). The van der Waals surface area contributed by atoms with Gasteiger partial charge in [-0.3, -0.25) is 0 Å². The molecule has 20 heavy (non-hydrogen) atoms. The Balaban J connectivity index is 2.86. The molecule has 7 heteroatoms. The van der Waals surface area contributed by atoms with Crippen LogP contribution in [0.5, 0.6) is 5.75 Å². The minimum absolute atomic E-state index is 0.130. The lowest BCUT2D eigenvalue weighted by Crippen LogP contribution is -2.22. The number of nitrogens with two attached hydrogens (primary N) is 1. The summed E-state index contributed by atoms with van der Waals surface area (Å²) in [6, 6.07) is 2.92. The Morgan fingerprint density at radius 2 is 1.95 bits per heavy atom. The zero-order valence-electron chi connectivity index (χ0n) is 10.9. The van der Waals surface area contributed by atoms with Gasteiger partial charge in [-0.2, -0.15) is 13.2 Å². The third-order valence-electron chi connectivity index (χ3n) is 2.72. The first-order valence-corrected chi connectivity index (χ1v) is 6.91. The van der Waals surface area contributed by atoms with Gasteiger partial charge in [0, 0.05) is 11.1 Å². The SMILES string of the molecule is CCC(N)Cc1cc(Cl)cc(Cl)c1OCCC(F)(F)F. The van der Waals surface area contributed by atoms with Crippen molar-refractivity contribution in [2.75, 3.05) is 6.61 Å². The molecule has 114 valence electrons. The van der Waals surface area contributed by atoms with Crippen molar-refractivity contribution in [3.63, 3.8) is 0 Å². The lowest BCUT2D eigenvalue weighted by atomic mass is 10.0. The van der Waals surface area contributed by atoms with Gasteiger partial charge < -0.3 is 10.5 Å². The molecule has 0 aliphatic heterocycles. The van der Waals surface area contributed by atoms with Gasteiger partial charge in [-0.05, 0) is 30.5 Å². The van der Waals surface area contributed by atoms with E-state index >= 15 is 0 Å². The summed E-state index contributed by atoms with van der Waals surface area (Å²) in [5.74, 6) is 0.226. The number of ether oxygens (including phenoxy) is 1. The highest BCUT2D eigenvalue weighted by Crippen LogP contribution is 2.34. The smallest absolute Gasteiger partial charge is 0.392 e. The van der Waals surface area contributed by atoms with E-state index in [9.17, 15) is 13.2 Å². The molecule has 0 fully saturated rings. The van der Waals surface area contributed by atoms with Crippen LogP contribution >= 0.6 is 23.2 Å². The van der Waals surface area contributed by atoms with Crippen molar-refractivity contribution in [1.29, 1.82) is 0 Å². The van der Waals surface area contributed by atoms with Gasteiger partial charge in [0.15, 0.2) is 0 Å². The molecular formula is C13H16Cl2F3NO. The van der Waals surface area contributed by atoms with Crippen LogP contribution in [0.1, 0.15) is 25.3 Å². The number of hydrogen-bond acceptors (Lipinski definition) is 2. The minimum Gasteiger partial charge on any atom is -0.491 e. The fourth-order valence-electron chi connectivity index (χ4n) is 1.62. The number of benzene rings is 1. The Morgan fingerprint density at radius 3 is 2.50 bits per heavy atom. The Hall–Kier alpha value is -0.650. The van der Waals surface area contributed by atoms with E-state index in [1.54, 1.807) is 6.07 Å². The van der Waals surface area contributed by atoms with Crippen LogP contribution in [0.4, 0.5) is 13.2 Å². The first-order chi connectivity index (χ1) is 9.23. The topological polar surface area (TPSA) is 35.2 Å². The number of hydrogen-bond donors (Lipinski definition) is 1. The molecule has 1 atom stereocenters. The standard InChI is InChI=1S/C13H16Cl2F3NO/c1-2-10(19)6-8-5-9(14)7-11(15)12(8)20-4-3-13(16,17)18/h5,7,10H,2-4,6,19H2,1H3. The van der Waals surface area contributed by atoms with Crippen molar-refractivity contribution in [1.82, 2.24) is 0 Å². The highest BCUT2D eigenvalue weighted by Gasteiger charge is 2.27. The predicted octanol–water partition coefficient (Wildman–Crippen LogP) is 4.60. The van der Waals surface area contributed by atoms with Gasteiger partial charge in [-0.25, -0.2) is 0 Å². The molecule has 0 heterocycles. The van der Waals surface area contributed by atoms with Crippen molar-refractivity contribution >= 4 is 23.2 Å². The van der Waals surface area contributed by atoms with E-state index in [2.05, 4.69) is 0 Å². The van der Waals surface area contributed by atoms with Gasteiger partial charge in [0.25, 0.3) is 0 Å². The molecule has 1 unspecified atom stereocenters. The Morgan fingerprint density at radius 1 is 1.30 bits per heavy atom. The monoisotopic (exact) mass is 329 g/mol. The molecule has 1 aromatic carbocycles. The average molecular weight is 330 g/mol. The molecule has 0 aromatic heterocycles. The van der Waals surface area contributed by atoms with E-state index in [0.29, 0.717) is 17.0 Å². The summed E-state index contributed by atoms with van der Waals surface area (Å²) < 4.78 is 41.6. The van der Waals surface area contributed by atoms with Gasteiger partial charge in [-0.1, -0.05) is 30.1 Å². The molecule has 0 saturated carbocycles. The summed E-state index contributed by atoms with van der Waals surface area (Å²) in [5, 5.41) is 0.592. The molecule has 0 bridgehead atoms. The minimum atomic E-state index is -4.26.